The Hall–Kier alpha value is -4.15. The molecule has 11 nitrogen and oxygen atoms in total. The smallest absolute Gasteiger partial charge is 0.408 e. The molecular weight excluding hydrogens is 468 g/mol. The zero-order chi connectivity index (χ0) is 26.1. The number of ether oxygens (including phenoxy) is 2. The number of benzene rings is 2. The summed E-state index contributed by atoms with van der Waals surface area (Å²) in [5, 5.41) is 13.6. The summed E-state index contributed by atoms with van der Waals surface area (Å²) in [6.07, 6.45) is 0.390. The second kappa shape index (κ2) is 12.5. The first-order chi connectivity index (χ1) is 17.3. The molecule has 36 heavy (non-hydrogen) atoms. The second-order valence-corrected chi connectivity index (χ2v) is 8.45. The van der Waals surface area contributed by atoms with E-state index in [-0.39, 0.29) is 30.8 Å². The molecule has 11 heteroatoms. The lowest BCUT2D eigenvalue weighted by Crippen LogP contribution is -2.54. The van der Waals surface area contributed by atoms with Crippen molar-refractivity contribution in [2.24, 2.45) is 0 Å². The minimum atomic E-state index is -1.10. The maximum Gasteiger partial charge on any atom is 0.408 e. The Labute approximate surface area is 209 Å². The van der Waals surface area contributed by atoms with Crippen LogP contribution in [0, 0.1) is 10.1 Å². The quantitative estimate of drug-likeness (QED) is 0.317. The molecule has 0 saturated carbocycles. The van der Waals surface area contributed by atoms with E-state index >= 15 is 0 Å². The van der Waals surface area contributed by atoms with Crippen LogP contribution < -0.4 is 10.2 Å². The van der Waals surface area contributed by atoms with Crippen LogP contribution in [-0.2, 0) is 25.7 Å². The van der Waals surface area contributed by atoms with Gasteiger partial charge in [-0.2, -0.15) is 0 Å². The summed E-state index contributed by atoms with van der Waals surface area (Å²) in [5.41, 5.74) is 1.56. The summed E-state index contributed by atoms with van der Waals surface area (Å²) < 4.78 is 10.1. The highest BCUT2D eigenvalue weighted by molar-refractivity contribution is 5.82. The lowest BCUT2D eigenvalue weighted by atomic mass is 10.0. The number of nitro groups is 1. The van der Waals surface area contributed by atoms with Crippen molar-refractivity contribution in [1.29, 1.82) is 0 Å². The highest BCUT2D eigenvalue weighted by Gasteiger charge is 2.32. The van der Waals surface area contributed by atoms with E-state index in [1.165, 1.54) is 26.2 Å². The summed E-state index contributed by atoms with van der Waals surface area (Å²) >= 11 is 0. The molecule has 1 fully saturated rings. The molecule has 1 aliphatic rings. The molecule has 2 aromatic carbocycles. The van der Waals surface area contributed by atoms with E-state index in [1.807, 2.05) is 41.3 Å². The van der Waals surface area contributed by atoms with Crippen molar-refractivity contribution in [2.45, 2.75) is 38.5 Å². The highest BCUT2D eigenvalue weighted by atomic mass is 16.6. The number of methoxy groups -OCH3 is 1. The monoisotopic (exact) mass is 498 g/mol. The predicted octanol–water partition coefficient (Wildman–Crippen LogP) is 2.88. The van der Waals surface area contributed by atoms with Gasteiger partial charge >= 0.3 is 12.1 Å². The molecular formula is C25H30N4O7. The average molecular weight is 499 g/mol. The number of hydrogen-bond donors (Lipinski definition) is 1. The normalized spacial score (nSPS) is 14.4. The molecule has 1 heterocycles. The fraction of sp³-hybridized carbons (Fsp3) is 0.400. The number of hydrogen-bond acceptors (Lipinski definition) is 8. The molecule has 0 aliphatic carbocycles. The summed E-state index contributed by atoms with van der Waals surface area (Å²) in [5.74, 6) is -0.927. The first-order valence-electron chi connectivity index (χ1n) is 11.6. The number of non-ortho nitro benzene ring substituents is 1. The van der Waals surface area contributed by atoms with Crippen molar-refractivity contribution >= 4 is 29.3 Å². The van der Waals surface area contributed by atoms with Gasteiger partial charge in [0.15, 0.2) is 0 Å². The average Bonchev–Trinajstić information content (AvgIpc) is 2.90. The van der Waals surface area contributed by atoms with Gasteiger partial charge in [-0.1, -0.05) is 36.4 Å². The molecule has 1 aliphatic heterocycles. The molecule has 1 atom stereocenters. The Morgan fingerprint density at radius 2 is 1.83 bits per heavy atom. The van der Waals surface area contributed by atoms with Gasteiger partial charge in [0.1, 0.15) is 12.6 Å². The number of anilines is 1. The largest absolute Gasteiger partial charge is 0.467 e. The van der Waals surface area contributed by atoms with Crippen molar-refractivity contribution in [1.82, 2.24) is 10.2 Å². The van der Waals surface area contributed by atoms with Crippen molar-refractivity contribution < 1.29 is 28.8 Å². The van der Waals surface area contributed by atoms with Crippen LogP contribution in [0.15, 0.2) is 54.6 Å². The van der Waals surface area contributed by atoms with Crippen LogP contribution in [-0.4, -0.2) is 66.6 Å². The van der Waals surface area contributed by atoms with Crippen molar-refractivity contribution in [3.63, 3.8) is 0 Å². The molecule has 0 aromatic heterocycles. The van der Waals surface area contributed by atoms with Gasteiger partial charge in [-0.15, -0.1) is 0 Å². The number of nitrogens with zero attached hydrogens (tertiary/aromatic N) is 3. The van der Waals surface area contributed by atoms with Crippen LogP contribution >= 0.6 is 0 Å². The van der Waals surface area contributed by atoms with E-state index in [0.717, 1.165) is 11.3 Å². The minimum absolute atomic E-state index is 0.0196. The first-order valence-corrected chi connectivity index (χ1v) is 11.6. The highest BCUT2D eigenvalue weighted by Crippen LogP contribution is 2.26. The standard InChI is InChI=1S/C25H30N4O7/c1-18(30)28(20-11-13-27(14-12-20)21-9-6-10-22(15-21)29(33)34)16-23(24(31)35-2)26-25(32)36-17-19-7-4-3-5-8-19/h3-10,15,20,23H,11-14,16-17H2,1-2H3,(H,26,32)/t23-/m0/s1. The molecule has 3 rings (SSSR count). The Morgan fingerprint density at radius 1 is 1.14 bits per heavy atom. The topological polar surface area (TPSA) is 131 Å². The summed E-state index contributed by atoms with van der Waals surface area (Å²) in [4.78, 5) is 51.5. The van der Waals surface area contributed by atoms with Crippen molar-refractivity contribution in [3.8, 4) is 0 Å². The zero-order valence-electron chi connectivity index (χ0n) is 20.3. The van der Waals surface area contributed by atoms with E-state index in [1.54, 1.807) is 11.0 Å². The third-order valence-electron chi connectivity index (χ3n) is 6.09. The predicted molar refractivity (Wildman–Crippen MR) is 131 cm³/mol. The van der Waals surface area contributed by atoms with Crippen molar-refractivity contribution in [2.75, 3.05) is 31.6 Å². The Kier molecular flexibility index (Phi) is 9.20. The molecule has 0 unspecified atom stereocenters. The van der Waals surface area contributed by atoms with Gasteiger partial charge in [-0.25, -0.2) is 9.59 Å². The third-order valence-corrected chi connectivity index (χ3v) is 6.09. The molecule has 2 aromatic rings. The maximum absolute atomic E-state index is 12.5. The molecule has 0 bridgehead atoms. The summed E-state index contributed by atoms with van der Waals surface area (Å²) in [6.45, 7) is 2.53. The van der Waals surface area contributed by atoms with Crippen LogP contribution in [0.3, 0.4) is 0 Å². The number of rotatable bonds is 9. The SMILES string of the molecule is COC(=O)[C@H](CN(C(C)=O)C1CCN(c2cccc([N+](=O)[O-])c2)CC1)NC(=O)OCc1ccccc1. The Balaban J connectivity index is 1.61. The number of carbonyl (C=O) groups excluding carboxylic acids is 3. The van der Waals surface area contributed by atoms with Gasteiger partial charge in [0, 0.05) is 43.9 Å². The number of alkyl carbamates (subject to hydrolysis) is 1. The molecule has 0 radical (unpaired) electrons. The fourth-order valence-corrected chi connectivity index (χ4v) is 4.20. The number of nitrogens with one attached hydrogen (secondary N) is 1. The van der Waals surface area contributed by atoms with Crippen LogP contribution in [0.2, 0.25) is 0 Å². The summed E-state index contributed by atoms with van der Waals surface area (Å²) in [7, 11) is 1.21. The Bertz CT molecular complexity index is 1070. The molecule has 1 saturated heterocycles. The molecule has 2 amide bonds. The Morgan fingerprint density at radius 3 is 2.44 bits per heavy atom. The van der Waals surface area contributed by atoms with Crippen LogP contribution in [0.25, 0.3) is 0 Å². The van der Waals surface area contributed by atoms with Gasteiger partial charge in [0.25, 0.3) is 5.69 Å². The van der Waals surface area contributed by atoms with Crippen LogP contribution in [0.5, 0.6) is 0 Å². The van der Waals surface area contributed by atoms with Crippen LogP contribution in [0.1, 0.15) is 25.3 Å². The minimum Gasteiger partial charge on any atom is -0.467 e. The number of amides is 2. The molecule has 1 N–H and O–H groups in total. The lowest BCUT2D eigenvalue weighted by molar-refractivity contribution is -0.384. The fourth-order valence-electron chi connectivity index (χ4n) is 4.20. The second-order valence-electron chi connectivity index (χ2n) is 8.45. The number of piperidine rings is 1. The molecule has 192 valence electrons. The number of nitro benzene ring substituents is 1. The van der Waals surface area contributed by atoms with Gasteiger partial charge in [-0.05, 0) is 24.5 Å². The van der Waals surface area contributed by atoms with E-state index < -0.39 is 23.0 Å². The lowest BCUT2D eigenvalue weighted by Gasteiger charge is -2.40. The van der Waals surface area contributed by atoms with Crippen molar-refractivity contribution in [3.05, 3.63) is 70.3 Å². The van der Waals surface area contributed by atoms with Gasteiger partial charge < -0.3 is 24.6 Å². The van der Waals surface area contributed by atoms with Gasteiger partial charge in [0.2, 0.25) is 5.91 Å². The first kappa shape index (κ1) is 26.5. The van der Waals surface area contributed by atoms with E-state index in [9.17, 15) is 24.5 Å². The maximum atomic E-state index is 12.5. The number of carbonyl (C=O) groups is 3. The molecule has 0 spiro atoms. The zero-order valence-corrected chi connectivity index (χ0v) is 20.3. The third kappa shape index (κ3) is 7.17. The van der Waals surface area contributed by atoms with E-state index in [4.69, 9.17) is 9.47 Å². The summed E-state index contributed by atoms with van der Waals surface area (Å²) in [6, 6.07) is 14.3. The van der Waals surface area contributed by atoms with Crippen LogP contribution in [0.4, 0.5) is 16.2 Å². The number of esters is 1. The van der Waals surface area contributed by atoms with Gasteiger partial charge in [0.05, 0.1) is 18.6 Å². The van der Waals surface area contributed by atoms with Gasteiger partial charge in [-0.3, -0.25) is 14.9 Å². The van der Waals surface area contributed by atoms with E-state index in [2.05, 4.69) is 5.32 Å². The van der Waals surface area contributed by atoms with E-state index in [0.29, 0.717) is 25.9 Å².